The van der Waals surface area contributed by atoms with E-state index in [1.54, 1.807) is 26.0 Å². The van der Waals surface area contributed by atoms with E-state index in [4.69, 9.17) is 9.15 Å². The summed E-state index contributed by atoms with van der Waals surface area (Å²) in [6.45, 7) is 3.49. The van der Waals surface area contributed by atoms with Crippen molar-refractivity contribution in [1.82, 2.24) is 4.98 Å². The average molecular weight is 359 g/mol. The van der Waals surface area contributed by atoms with Crippen molar-refractivity contribution in [3.63, 3.8) is 0 Å². The van der Waals surface area contributed by atoms with E-state index in [1.165, 1.54) is 6.07 Å². The van der Waals surface area contributed by atoms with Crippen molar-refractivity contribution in [2.75, 3.05) is 0 Å². The van der Waals surface area contributed by atoms with E-state index in [9.17, 15) is 13.0 Å². The van der Waals surface area contributed by atoms with Gasteiger partial charge in [-0.15, -0.1) is 0 Å². The molecule has 0 amide bonds. The zero-order valence-electron chi connectivity index (χ0n) is 13.8. The van der Waals surface area contributed by atoms with Crippen LogP contribution in [0.5, 0.6) is 5.75 Å². The van der Waals surface area contributed by atoms with Gasteiger partial charge >= 0.3 is 0 Å². The van der Waals surface area contributed by atoms with Crippen molar-refractivity contribution < 1.29 is 22.1 Å². The first-order valence-electron chi connectivity index (χ1n) is 7.58. The highest BCUT2D eigenvalue weighted by atomic mass is 32.2. The molecule has 0 fully saturated rings. The SMILES string of the molecule is Cc1cccc(S(=O)(=O)O)c1OCc1nc(-c2ccccc2)oc1C. The minimum Gasteiger partial charge on any atom is -0.485 e. The van der Waals surface area contributed by atoms with Crippen LogP contribution in [0.4, 0.5) is 0 Å². The first kappa shape index (κ1) is 17.2. The summed E-state index contributed by atoms with van der Waals surface area (Å²) in [6.07, 6.45) is 0. The molecule has 3 rings (SSSR count). The molecule has 0 bridgehead atoms. The second-order valence-electron chi connectivity index (χ2n) is 5.55. The van der Waals surface area contributed by atoms with E-state index in [-0.39, 0.29) is 17.3 Å². The van der Waals surface area contributed by atoms with Crippen LogP contribution in [0.1, 0.15) is 17.0 Å². The minimum absolute atomic E-state index is 0.0234. The quantitative estimate of drug-likeness (QED) is 0.697. The van der Waals surface area contributed by atoms with Crippen LogP contribution in [0.15, 0.2) is 57.8 Å². The summed E-state index contributed by atoms with van der Waals surface area (Å²) in [7, 11) is -4.38. The Morgan fingerprint density at radius 1 is 1.08 bits per heavy atom. The van der Waals surface area contributed by atoms with Gasteiger partial charge < -0.3 is 9.15 Å². The van der Waals surface area contributed by atoms with Gasteiger partial charge in [-0.05, 0) is 37.6 Å². The fourth-order valence-corrected chi connectivity index (χ4v) is 3.13. The maximum atomic E-state index is 11.5. The molecule has 1 heterocycles. The van der Waals surface area contributed by atoms with Gasteiger partial charge in [0.1, 0.15) is 28.7 Å². The third kappa shape index (κ3) is 3.72. The summed E-state index contributed by atoms with van der Waals surface area (Å²) in [4.78, 5) is 4.15. The zero-order chi connectivity index (χ0) is 18.0. The number of aryl methyl sites for hydroxylation is 2. The standard InChI is InChI=1S/C18H17NO5S/c1-12-7-6-10-16(25(20,21)22)17(12)23-11-15-13(2)24-18(19-15)14-8-4-3-5-9-14/h3-10H,11H2,1-2H3,(H,20,21,22). The molecular weight excluding hydrogens is 342 g/mol. The summed E-state index contributed by atoms with van der Waals surface area (Å²) < 4.78 is 43.7. The lowest BCUT2D eigenvalue weighted by Gasteiger charge is -2.11. The summed E-state index contributed by atoms with van der Waals surface area (Å²) in [5, 5.41) is 0. The van der Waals surface area contributed by atoms with Gasteiger partial charge in [-0.25, -0.2) is 4.98 Å². The monoisotopic (exact) mass is 359 g/mol. The van der Waals surface area contributed by atoms with Crippen LogP contribution < -0.4 is 4.74 Å². The predicted octanol–water partition coefficient (Wildman–Crippen LogP) is 3.78. The van der Waals surface area contributed by atoms with E-state index in [0.717, 1.165) is 5.56 Å². The molecule has 0 spiro atoms. The largest absolute Gasteiger partial charge is 0.485 e. The number of oxazole rings is 1. The number of rotatable bonds is 5. The van der Waals surface area contributed by atoms with Gasteiger partial charge in [0.2, 0.25) is 5.89 Å². The van der Waals surface area contributed by atoms with Crippen molar-refractivity contribution >= 4 is 10.1 Å². The Hall–Kier alpha value is -2.64. The second-order valence-corrected chi connectivity index (χ2v) is 6.94. The molecule has 0 aliphatic carbocycles. The molecule has 0 atom stereocenters. The Morgan fingerprint density at radius 3 is 2.48 bits per heavy atom. The molecule has 130 valence electrons. The van der Waals surface area contributed by atoms with Gasteiger partial charge in [-0.1, -0.05) is 30.3 Å². The number of hydrogen-bond donors (Lipinski definition) is 1. The molecular formula is C18H17NO5S. The molecule has 0 aliphatic rings. The Bertz CT molecular complexity index is 994. The molecule has 6 nitrogen and oxygen atoms in total. The van der Waals surface area contributed by atoms with Gasteiger partial charge in [0, 0.05) is 5.56 Å². The van der Waals surface area contributed by atoms with Crippen LogP contribution >= 0.6 is 0 Å². The summed E-state index contributed by atoms with van der Waals surface area (Å²) in [6, 6.07) is 14.0. The van der Waals surface area contributed by atoms with Crippen LogP contribution in [0, 0.1) is 13.8 Å². The molecule has 1 N–H and O–H groups in total. The highest BCUT2D eigenvalue weighted by Crippen LogP contribution is 2.29. The van der Waals surface area contributed by atoms with Gasteiger partial charge in [-0.2, -0.15) is 8.42 Å². The molecule has 0 aliphatic heterocycles. The van der Waals surface area contributed by atoms with E-state index in [0.29, 0.717) is 22.9 Å². The Balaban J connectivity index is 1.88. The highest BCUT2D eigenvalue weighted by Gasteiger charge is 2.19. The van der Waals surface area contributed by atoms with Crippen LogP contribution in [0.2, 0.25) is 0 Å². The van der Waals surface area contributed by atoms with Gasteiger partial charge in [-0.3, -0.25) is 4.55 Å². The molecule has 3 aromatic rings. The zero-order valence-corrected chi connectivity index (χ0v) is 14.6. The van der Waals surface area contributed by atoms with Crippen molar-refractivity contribution in [2.45, 2.75) is 25.3 Å². The molecule has 0 unspecified atom stereocenters. The Morgan fingerprint density at radius 2 is 1.80 bits per heavy atom. The van der Waals surface area contributed by atoms with E-state index >= 15 is 0 Å². The number of aromatic nitrogens is 1. The Kier molecular flexibility index (Phi) is 4.61. The van der Waals surface area contributed by atoms with E-state index in [2.05, 4.69) is 4.98 Å². The molecule has 7 heteroatoms. The fourth-order valence-electron chi connectivity index (χ4n) is 2.42. The predicted molar refractivity (Wildman–Crippen MR) is 92.0 cm³/mol. The van der Waals surface area contributed by atoms with E-state index in [1.807, 2.05) is 30.3 Å². The van der Waals surface area contributed by atoms with Crippen LogP contribution in [-0.4, -0.2) is 18.0 Å². The summed E-state index contributed by atoms with van der Waals surface area (Å²) >= 11 is 0. The Labute approximate surface area is 145 Å². The first-order valence-corrected chi connectivity index (χ1v) is 9.02. The highest BCUT2D eigenvalue weighted by molar-refractivity contribution is 7.86. The molecule has 0 saturated carbocycles. The summed E-state index contributed by atoms with van der Waals surface area (Å²) in [5.41, 5.74) is 1.99. The number of nitrogens with zero attached hydrogens (tertiary/aromatic N) is 1. The topological polar surface area (TPSA) is 89.6 Å². The van der Waals surface area contributed by atoms with Crippen molar-refractivity contribution in [1.29, 1.82) is 0 Å². The van der Waals surface area contributed by atoms with Gasteiger partial charge in [0.05, 0.1) is 0 Å². The van der Waals surface area contributed by atoms with Crippen molar-refractivity contribution in [3.8, 4) is 17.2 Å². The number of ether oxygens (including phenoxy) is 1. The molecule has 1 aromatic heterocycles. The van der Waals surface area contributed by atoms with Crippen molar-refractivity contribution in [3.05, 3.63) is 65.5 Å². The maximum Gasteiger partial charge on any atom is 0.298 e. The fraction of sp³-hybridized carbons (Fsp3) is 0.167. The van der Waals surface area contributed by atoms with Gasteiger partial charge in [0.15, 0.2) is 0 Å². The molecule has 0 radical (unpaired) electrons. The second kappa shape index (κ2) is 6.70. The molecule has 2 aromatic carbocycles. The third-order valence-electron chi connectivity index (χ3n) is 3.72. The first-order chi connectivity index (χ1) is 11.9. The lowest BCUT2D eigenvalue weighted by atomic mass is 10.2. The van der Waals surface area contributed by atoms with Crippen LogP contribution in [0.3, 0.4) is 0 Å². The molecule has 0 saturated heterocycles. The third-order valence-corrected chi connectivity index (χ3v) is 4.60. The van der Waals surface area contributed by atoms with E-state index < -0.39 is 10.1 Å². The van der Waals surface area contributed by atoms with Crippen LogP contribution in [-0.2, 0) is 16.7 Å². The normalized spacial score (nSPS) is 11.5. The number of hydrogen-bond acceptors (Lipinski definition) is 5. The number of para-hydroxylation sites is 1. The van der Waals surface area contributed by atoms with Crippen molar-refractivity contribution in [2.24, 2.45) is 0 Å². The van der Waals surface area contributed by atoms with Crippen LogP contribution in [0.25, 0.3) is 11.5 Å². The minimum atomic E-state index is -4.38. The number of benzene rings is 2. The lowest BCUT2D eigenvalue weighted by Crippen LogP contribution is -2.06. The molecule has 25 heavy (non-hydrogen) atoms. The smallest absolute Gasteiger partial charge is 0.298 e. The lowest BCUT2D eigenvalue weighted by molar-refractivity contribution is 0.288. The summed E-state index contributed by atoms with van der Waals surface area (Å²) in [5.74, 6) is 1.16. The van der Waals surface area contributed by atoms with Gasteiger partial charge in [0.25, 0.3) is 10.1 Å². The maximum absolute atomic E-state index is 11.5. The average Bonchev–Trinajstić information content (AvgIpc) is 2.94.